The Balaban J connectivity index is 1.51. The lowest BCUT2D eigenvalue weighted by Crippen LogP contribution is -2.19. The highest BCUT2D eigenvalue weighted by atomic mass is 35.5. The van der Waals surface area contributed by atoms with E-state index in [0.29, 0.717) is 27.8 Å². The Labute approximate surface area is 231 Å². The minimum Gasteiger partial charge on any atom is -0.493 e. The minimum absolute atomic E-state index is 0.0350. The molecule has 0 spiro atoms. The van der Waals surface area contributed by atoms with Crippen molar-refractivity contribution in [2.45, 2.75) is 18.6 Å². The van der Waals surface area contributed by atoms with Gasteiger partial charge >= 0.3 is 5.97 Å². The zero-order valence-corrected chi connectivity index (χ0v) is 22.4. The van der Waals surface area contributed by atoms with Crippen molar-refractivity contribution in [3.8, 4) is 17.2 Å². The van der Waals surface area contributed by atoms with Gasteiger partial charge in [0.15, 0.2) is 11.5 Å². The molecule has 0 unspecified atom stereocenters. The van der Waals surface area contributed by atoms with Crippen molar-refractivity contribution in [1.82, 2.24) is 4.57 Å². The van der Waals surface area contributed by atoms with Gasteiger partial charge in [-0.25, -0.2) is 4.79 Å². The Kier molecular flexibility index (Phi) is 7.58. The number of anilines is 1. The van der Waals surface area contributed by atoms with E-state index in [1.165, 1.54) is 7.11 Å². The molecular weight excluding hydrogens is 520 g/mol. The molecular formula is C30H27ClN2O6. The number of carbonyl (C=O) groups excluding carboxylic acids is 2. The number of hydrogen-bond donors (Lipinski definition) is 1. The first-order valence-electron chi connectivity index (χ1n) is 12.2. The van der Waals surface area contributed by atoms with Crippen LogP contribution in [0.2, 0.25) is 5.02 Å². The number of methoxy groups -OCH3 is 3. The van der Waals surface area contributed by atoms with Crippen molar-refractivity contribution >= 4 is 29.2 Å². The molecule has 0 radical (unpaired) electrons. The summed E-state index contributed by atoms with van der Waals surface area (Å²) in [5.41, 5.74) is 4.22. The summed E-state index contributed by atoms with van der Waals surface area (Å²) in [5.74, 6) is 0.408. The highest BCUT2D eigenvalue weighted by molar-refractivity contribution is 6.30. The Bertz CT molecular complexity index is 1510. The summed E-state index contributed by atoms with van der Waals surface area (Å²) in [6.07, 6.45) is 0.752. The van der Waals surface area contributed by atoms with Gasteiger partial charge in [0.2, 0.25) is 5.91 Å². The van der Waals surface area contributed by atoms with Crippen LogP contribution in [-0.4, -0.2) is 37.8 Å². The predicted molar refractivity (Wildman–Crippen MR) is 147 cm³/mol. The Morgan fingerprint density at radius 1 is 0.949 bits per heavy atom. The third-order valence-corrected chi connectivity index (χ3v) is 6.85. The number of hydrogen-bond acceptors (Lipinski definition) is 6. The highest BCUT2D eigenvalue weighted by Gasteiger charge is 2.34. The second kappa shape index (κ2) is 11.2. The zero-order chi connectivity index (χ0) is 27.5. The van der Waals surface area contributed by atoms with E-state index >= 15 is 0 Å². The number of fused-ring (bicyclic) bond motifs is 3. The van der Waals surface area contributed by atoms with Crippen molar-refractivity contribution in [2.75, 3.05) is 26.6 Å². The first-order valence-corrected chi connectivity index (χ1v) is 12.6. The summed E-state index contributed by atoms with van der Waals surface area (Å²) >= 11 is 6.45. The summed E-state index contributed by atoms with van der Waals surface area (Å²) in [7, 11) is 4.48. The lowest BCUT2D eigenvalue weighted by atomic mass is 9.98. The van der Waals surface area contributed by atoms with Gasteiger partial charge < -0.3 is 28.8 Å². The van der Waals surface area contributed by atoms with Crippen LogP contribution in [0.1, 0.15) is 45.8 Å². The van der Waals surface area contributed by atoms with Crippen molar-refractivity contribution in [2.24, 2.45) is 0 Å². The van der Waals surface area contributed by atoms with Crippen LogP contribution in [0.15, 0.2) is 79.0 Å². The molecule has 2 heterocycles. The average Bonchev–Trinajstić information content (AvgIpc) is 3.40. The van der Waals surface area contributed by atoms with E-state index in [0.717, 1.165) is 22.5 Å². The predicted octanol–water partition coefficient (Wildman–Crippen LogP) is 6.12. The number of para-hydroxylation sites is 1. The van der Waals surface area contributed by atoms with Crippen LogP contribution in [0.25, 0.3) is 5.69 Å². The van der Waals surface area contributed by atoms with Gasteiger partial charge in [0.05, 0.1) is 44.7 Å². The van der Waals surface area contributed by atoms with Crippen molar-refractivity contribution < 1.29 is 28.5 Å². The molecule has 9 heteroatoms. The first-order chi connectivity index (χ1) is 18.9. The monoisotopic (exact) mass is 546 g/mol. The van der Waals surface area contributed by atoms with Crippen LogP contribution >= 0.6 is 11.6 Å². The molecule has 0 fully saturated rings. The molecule has 4 aromatic rings. The van der Waals surface area contributed by atoms with E-state index in [9.17, 15) is 9.59 Å². The number of aromatic nitrogens is 1. The van der Waals surface area contributed by atoms with E-state index in [1.54, 1.807) is 38.5 Å². The van der Waals surface area contributed by atoms with E-state index in [2.05, 4.69) is 5.32 Å². The molecule has 1 aliphatic rings. The van der Waals surface area contributed by atoms with Gasteiger partial charge in [-0.05, 0) is 60.7 Å². The summed E-state index contributed by atoms with van der Waals surface area (Å²) in [5, 5.41) is 3.46. The van der Waals surface area contributed by atoms with Crippen LogP contribution in [0.4, 0.5) is 5.69 Å². The molecule has 0 aliphatic carbocycles. The molecule has 39 heavy (non-hydrogen) atoms. The molecule has 2 atom stereocenters. The van der Waals surface area contributed by atoms with Gasteiger partial charge in [-0.2, -0.15) is 0 Å². The van der Waals surface area contributed by atoms with Gasteiger partial charge in [-0.15, -0.1) is 0 Å². The third-order valence-electron chi connectivity index (χ3n) is 6.62. The molecule has 200 valence electrons. The molecule has 1 N–H and O–H groups in total. The van der Waals surface area contributed by atoms with Gasteiger partial charge in [-0.1, -0.05) is 23.7 Å². The van der Waals surface area contributed by atoms with Crippen LogP contribution in [-0.2, 0) is 14.3 Å². The van der Waals surface area contributed by atoms with Crippen molar-refractivity contribution in [1.29, 1.82) is 0 Å². The average molecular weight is 547 g/mol. The van der Waals surface area contributed by atoms with Crippen molar-refractivity contribution in [3.63, 3.8) is 0 Å². The summed E-state index contributed by atoms with van der Waals surface area (Å²) in [6, 6.07) is 21.6. The number of amides is 1. The summed E-state index contributed by atoms with van der Waals surface area (Å²) < 4.78 is 24.8. The smallest absolute Gasteiger partial charge is 0.337 e. The van der Waals surface area contributed by atoms with Gasteiger partial charge in [0, 0.05) is 28.0 Å². The van der Waals surface area contributed by atoms with Gasteiger partial charge in [0.1, 0.15) is 12.2 Å². The molecule has 0 saturated heterocycles. The number of nitrogens with one attached hydrogen (secondary N) is 1. The molecule has 0 saturated carbocycles. The normalized spacial score (nSPS) is 15.9. The van der Waals surface area contributed by atoms with Crippen LogP contribution in [0.5, 0.6) is 11.5 Å². The highest BCUT2D eigenvalue weighted by Crippen LogP contribution is 2.46. The molecule has 0 bridgehead atoms. The van der Waals surface area contributed by atoms with Crippen LogP contribution < -0.4 is 14.8 Å². The maximum absolute atomic E-state index is 13.2. The summed E-state index contributed by atoms with van der Waals surface area (Å²) in [6.45, 7) is 0. The second-order valence-corrected chi connectivity index (χ2v) is 9.35. The zero-order valence-electron chi connectivity index (χ0n) is 21.6. The molecule has 5 rings (SSSR count). The maximum atomic E-state index is 13.2. The van der Waals surface area contributed by atoms with Crippen LogP contribution in [0.3, 0.4) is 0 Å². The number of esters is 1. The standard InChI is InChI=1S/C30H27ClN2O6/c1-36-25-8-4-6-21(29(25)37-2)28-22-16-19(31)11-14-23(22)33-15-5-7-24(33)26(39-28)17-27(34)32-20-12-9-18(10-13-20)30(35)38-3/h4-16,26,28H,17H2,1-3H3,(H,32,34)/t26-,28-/m0/s1. The minimum atomic E-state index is -0.610. The molecule has 1 aliphatic heterocycles. The molecule has 3 aromatic carbocycles. The largest absolute Gasteiger partial charge is 0.493 e. The fraction of sp³-hybridized carbons (Fsp3) is 0.200. The maximum Gasteiger partial charge on any atom is 0.337 e. The van der Waals surface area contributed by atoms with Crippen LogP contribution in [0, 0.1) is 0 Å². The number of halogens is 1. The van der Waals surface area contributed by atoms with E-state index in [1.807, 2.05) is 59.3 Å². The number of ether oxygens (including phenoxy) is 4. The van der Waals surface area contributed by atoms with E-state index in [-0.39, 0.29) is 12.3 Å². The lowest BCUT2D eigenvalue weighted by Gasteiger charge is -2.25. The fourth-order valence-electron chi connectivity index (χ4n) is 4.84. The van der Waals surface area contributed by atoms with Crippen molar-refractivity contribution in [3.05, 3.63) is 106 Å². The van der Waals surface area contributed by atoms with Gasteiger partial charge in [-0.3, -0.25) is 4.79 Å². The Hall–Kier alpha value is -4.27. The Morgan fingerprint density at radius 3 is 2.46 bits per heavy atom. The Morgan fingerprint density at radius 2 is 1.74 bits per heavy atom. The quantitative estimate of drug-likeness (QED) is 0.281. The van der Waals surface area contributed by atoms with Gasteiger partial charge in [0.25, 0.3) is 0 Å². The molecule has 8 nitrogen and oxygen atoms in total. The van der Waals surface area contributed by atoms with E-state index < -0.39 is 18.2 Å². The SMILES string of the molecule is COC(=O)c1ccc(NC(=O)C[C@@H]2O[C@@H](c3cccc(OC)c3OC)c3cc(Cl)ccc3-n3cccc32)cc1. The first kappa shape index (κ1) is 26.3. The molecule has 1 aromatic heterocycles. The number of benzene rings is 3. The number of rotatable bonds is 7. The number of carbonyl (C=O) groups is 2. The topological polar surface area (TPSA) is 88.0 Å². The fourth-order valence-corrected chi connectivity index (χ4v) is 5.02. The lowest BCUT2D eigenvalue weighted by molar-refractivity contribution is -0.120. The second-order valence-electron chi connectivity index (χ2n) is 8.91. The summed E-state index contributed by atoms with van der Waals surface area (Å²) in [4.78, 5) is 25.0. The molecule has 1 amide bonds. The number of nitrogens with zero attached hydrogens (tertiary/aromatic N) is 1. The third kappa shape index (κ3) is 5.21. The van der Waals surface area contributed by atoms with E-state index in [4.69, 9.17) is 30.5 Å².